The molecule has 0 saturated heterocycles. The molecule has 1 rings (SSSR count). The zero-order valence-corrected chi connectivity index (χ0v) is 13.1. The number of hydrogen-bond acceptors (Lipinski definition) is 2. The van der Waals surface area contributed by atoms with Gasteiger partial charge in [-0.25, -0.2) is 0 Å². The highest BCUT2D eigenvalue weighted by Gasteiger charge is 2.31. The van der Waals surface area contributed by atoms with Crippen LogP contribution in [0.2, 0.25) is 0 Å². The minimum Gasteiger partial charge on any atom is -0.374 e. The lowest BCUT2D eigenvalue weighted by Gasteiger charge is -2.35. The van der Waals surface area contributed by atoms with Gasteiger partial charge >= 0.3 is 6.18 Å². The Balaban J connectivity index is 2.84. The molecule has 0 aliphatic carbocycles. The van der Waals surface area contributed by atoms with Gasteiger partial charge in [-0.2, -0.15) is 13.2 Å². The lowest BCUT2D eigenvalue weighted by Crippen LogP contribution is -2.50. The minimum atomic E-state index is -4.29. The van der Waals surface area contributed by atoms with E-state index in [1.54, 1.807) is 0 Å². The highest BCUT2D eigenvalue weighted by Crippen LogP contribution is 2.29. The van der Waals surface area contributed by atoms with E-state index >= 15 is 0 Å². The Bertz CT molecular complexity index is 426. The van der Waals surface area contributed by atoms with Crippen molar-refractivity contribution in [3.8, 4) is 0 Å². The van der Waals surface area contributed by atoms with Crippen molar-refractivity contribution in [2.45, 2.75) is 51.9 Å². The second-order valence-electron chi connectivity index (χ2n) is 5.55. The van der Waals surface area contributed by atoms with E-state index in [4.69, 9.17) is 4.74 Å². The normalized spacial score (nSPS) is 14.2. The van der Waals surface area contributed by atoms with E-state index < -0.39 is 11.7 Å². The number of nitrogens with one attached hydrogen (secondary N) is 1. The topological polar surface area (TPSA) is 21.3 Å². The molecule has 1 aromatic carbocycles. The van der Waals surface area contributed by atoms with Gasteiger partial charge in [-0.1, -0.05) is 19.1 Å². The molecule has 5 heteroatoms. The molecule has 0 fully saturated rings. The molecule has 0 spiro atoms. The van der Waals surface area contributed by atoms with E-state index in [2.05, 4.69) is 5.32 Å². The predicted octanol–water partition coefficient (Wildman–Crippen LogP) is 4.04. The van der Waals surface area contributed by atoms with Crippen molar-refractivity contribution < 1.29 is 17.9 Å². The SMILES string of the molecule is CCNC(Cc1ccc(C(F)(F)F)cc1)C(C)(C)OCC. The number of hydrogen-bond donors (Lipinski definition) is 1. The summed E-state index contributed by atoms with van der Waals surface area (Å²) in [5, 5.41) is 3.35. The van der Waals surface area contributed by atoms with E-state index in [0.29, 0.717) is 13.0 Å². The summed E-state index contributed by atoms with van der Waals surface area (Å²) >= 11 is 0. The van der Waals surface area contributed by atoms with Crippen molar-refractivity contribution >= 4 is 0 Å². The van der Waals surface area contributed by atoms with Gasteiger partial charge in [0, 0.05) is 12.6 Å². The molecule has 1 atom stereocenters. The molecule has 0 saturated carbocycles. The number of likely N-dealkylation sites (N-methyl/N-ethyl adjacent to an activating group) is 1. The fraction of sp³-hybridized carbons (Fsp3) is 0.625. The number of ether oxygens (including phenoxy) is 1. The Hall–Kier alpha value is -1.07. The van der Waals surface area contributed by atoms with Crippen molar-refractivity contribution in [2.75, 3.05) is 13.2 Å². The maximum Gasteiger partial charge on any atom is 0.416 e. The fourth-order valence-corrected chi connectivity index (χ4v) is 2.35. The molecule has 1 unspecified atom stereocenters. The average Bonchev–Trinajstić information content (AvgIpc) is 2.37. The molecule has 0 aliphatic heterocycles. The Morgan fingerprint density at radius 1 is 1.10 bits per heavy atom. The molecule has 0 bridgehead atoms. The van der Waals surface area contributed by atoms with Crippen LogP contribution in [0.25, 0.3) is 0 Å². The van der Waals surface area contributed by atoms with E-state index in [0.717, 1.165) is 24.2 Å². The standard InChI is InChI=1S/C16H24F3NO/c1-5-20-14(15(3,4)21-6-2)11-12-7-9-13(10-8-12)16(17,18)19/h7-10,14,20H,5-6,11H2,1-4H3. The van der Waals surface area contributed by atoms with Gasteiger partial charge in [0.15, 0.2) is 0 Å². The van der Waals surface area contributed by atoms with Crippen LogP contribution < -0.4 is 5.32 Å². The maximum atomic E-state index is 12.6. The lowest BCUT2D eigenvalue weighted by atomic mass is 9.91. The molecular formula is C16H24F3NO. The summed E-state index contributed by atoms with van der Waals surface area (Å²) in [6.07, 6.45) is -3.66. The quantitative estimate of drug-likeness (QED) is 0.821. The Kier molecular flexibility index (Phi) is 6.23. The van der Waals surface area contributed by atoms with Gasteiger partial charge in [0.2, 0.25) is 0 Å². The number of halogens is 3. The molecule has 0 aromatic heterocycles. The summed E-state index contributed by atoms with van der Waals surface area (Å²) in [6, 6.07) is 5.38. The predicted molar refractivity (Wildman–Crippen MR) is 78.3 cm³/mol. The van der Waals surface area contributed by atoms with E-state index in [1.807, 2.05) is 27.7 Å². The molecule has 0 amide bonds. The Morgan fingerprint density at radius 2 is 1.67 bits per heavy atom. The molecule has 0 radical (unpaired) electrons. The third-order valence-corrected chi connectivity index (χ3v) is 3.53. The summed E-state index contributed by atoms with van der Waals surface area (Å²) in [5.41, 5.74) is -0.134. The van der Waals surface area contributed by atoms with Gasteiger partial charge < -0.3 is 10.1 Å². The van der Waals surface area contributed by atoms with Crippen LogP contribution in [0.1, 0.15) is 38.8 Å². The summed E-state index contributed by atoms with van der Waals surface area (Å²) in [7, 11) is 0. The summed E-state index contributed by atoms with van der Waals surface area (Å²) < 4.78 is 43.4. The number of benzene rings is 1. The van der Waals surface area contributed by atoms with Gasteiger partial charge in [0.05, 0.1) is 11.2 Å². The molecule has 1 aromatic rings. The minimum absolute atomic E-state index is 0.0409. The van der Waals surface area contributed by atoms with Gasteiger partial charge in [-0.15, -0.1) is 0 Å². The monoisotopic (exact) mass is 303 g/mol. The highest BCUT2D eigenvalue weighted by atomic mass is 19.4. The Labute approximate surface area is 124 Å². The summed E-state index contributed by atoms with van der Waals surface area (Å²) in [6.45, 7) is 9.30. The van der Waals surface area contributed by atoms with Crippen LogP contribution in [0, 0.1) is 0 Å². The van der Waals surface area contributed by atoms with Crippen LogP contribution >= 0.6 is 0 Å². The van der Waals surface area contributed by atoms with Gasteiger partial charge in [-0.05, 0) is 51.4 Å². The summed E-state index contributed by atoms with van der Waals surface area (Å²) in [5.74, 6) is 0. The van der Waals surface area contributed by atoms with E-state index in [1.165, 1.54) is 12.1 Å². The fourth-order valence-electron chi connectivity index (χ4n) is 2.35. The van der Waals surface area contributed by atoms with Crippen molar-refractivity contribution in [2.24, 2.45) is 0 Å². The molecule has 0 heterocycles. The van der Waals surface area contributed by atoms with Crippen LogP contribution in [0.3, 0.4) is 0 Å². The largest absolute Gasteiger partial charge is 0.416 e. The van der Waals surface area contributed by atoms with Crippen LogP contribution in [0.4, 0.5) is 13.2 Å². The second-order valence-corrected chi connectivity index (χ2v) is 5.55. The molecule has 1 N–H and O–H groups in total. The van der Waals surface area contributed by atoms with Crippen LogP contribution in [-0.2, 0) is 17.3 Å². The molecule has 2 nitrogen and oxygen atoms in total. The highest BCUT2D eigenvalue weighted by molar-refractivity contribution is 5.25. The zero-order valence-electron chi connectivity index (χ0n) is 13.1. The van der Waals surface area contributed by atoms with Crippen LogP contribution in [0.5, 0.6) is 0 Å². The first kappa shape index (κ1) is 18.0. The number of rotatable bonds is 7. The van der Waals surface area contributed by atoms with Crippen molar-refractivity contribution in [3.63, 3.8) is 0 Å². The average molecular weight is 303 g/mol. The first-order valence-electron chi connectivity index (χ1n) is 7.24. The van der Waals surface area contributed by atoms with Gasteiger partial charge in [0.1, 0.15) is 0 Å². The molecule has 0 aliphatic rings. The van der Waals surface area contributed by atoms with Crippen molar-refractivity contribution in [1.82, 2.24) is 5.32 Å². The molecule has 120 valence electrons. The number of alkyl halides is 3. The first-order chi connectivity index (χ1) is 9.70. The van der Waals surface area contributed by atoms with Crippen molar-refractivity contribution in [1.29, 1.82) is 0 Å². The molecule has 21 heavy (non-hydrogen) atoms. The smallest absolute Gasteiger partial charge is 0.374 e. The third kappa shape index (κ3) is 5.32. The van der Waals surface area contributed by atoms with Gasteiger partial charge in [-0.3, -0.25) is 0 Å². The van der Waals surface area contributed by atoms with E-state index in [-0.39, 0.29) is 11.6 Å². The third-order valence-electron chi connectivity index (χ3n) is 3.53. The lowest BCUT2D eigenvalue weighted by molar-refractivity contribution is -0.137. The first-order valence-corrected chi connectivity index (χ1v) is 7.24. The van der Waals surface area contributed by atoms with Gasteiger partial charge in [0.25, 0.3) is 0 Å². The maximum absolute atomic E-state index is 12.6. The second kappa shape index (κ2) is 7.27. The summed E-state index contributed by atoms with van der Waals surface area (Å²) in [4.78, 5) is 0. The van der Waals surface area contributed by atoms with E-state index in [9.17, 15) is 13.2 Å². The van der Waals surface area contributed by atoms with Crippen molar-refractivity contribution in [3.05, 3.63) is 35.4 Å². The Morgan fingerprint density at radius 3 is 2.10 bits per heavy atom. The zero-order chi connectivity index (χ0) is 16.1. The van der Waals surface area contributed by atoms with Crippen LogP contribution in [-0.4, -0.2) is 24.8 Å². The van der Waals surface area contributed by atoms with Crippen LogP contribution in [0.15, 0.2) is 24.3 Å². The molecular weight excluding hydrogens is 279 g/mol.